The largest absolute Gasteiger partial charge is 0.396 e. The summed E-state index contributed by atoms with van der Waals surface area (Å²) in [5.74, 6) is 1.61. The number of likely N-dealkylation sites (tertiary alicyclic amines) is 1. The fourth-order valence-corrected chi connectivity index (χ4v) is 3.25. The van der Waals surface area contributed by atoms with Gasteiger partial charge < -0.3 is 15.7 Å². The van der Waals surface area contributed by atoms with E-state index in [1.807, 2.05) is 18.5 Å². The molecule has 0 spiro atoms. The zero-order valence-electron chi connectivity index (χ0n) is 13.8. The second kappa shape index (κ2) is 6.79. The van der Waals surface area contributed by atoms with Crippen LogP contribution in [0, 0.1) is 25.7 Å². The Morgan fingerprint density at radius 2 is 1.86 bits per heavy atom. The van der Waals surface area contributed by atoms with E-state index in [4.69, 9.17) is 5.73 Å². The highest BCUT2D eigenvalue weighted by atomic mass is 16.3. The number of anilines is 1. The van der Waals surface area contributed by atoms with Crippen molar-refractivity contribution in [3.8, 4) is 0 Å². The summed E-state index contributed by atoms with van der Waals surface area (Å²) in [6.45, 7) is 11.9. The lowest BCUT2D eigenvalue weighted by Crippen LogP contribution is -2.41. The Kier molecular flexibility index (Phi) is 5.27. The highest BCUT2D eigenvalue weighted by Crippen LogP contribution is 2.24. The van der Waals surface area contributed by atoms with E-state index in [9.17, 15) is 5.11 Å². The van der Waals surface area contributed by atoms with Crippen LogP contribution in [0.25, 0.3) is 0 Å². The number of aromatic nitrogens is 2. The summed E-state index contributed by atoms with van der Waals surface area (Å²) in [4.78, 5) is 2.37. The van der Waals surface area contributed by atoms with Crippen LogP contribution >= 0.6 is 0 Å². The first-order valence-corrected chi connectivity index (χ1v) is 8.08. The molecule has 1 aromatic heterocycles. The maximum absolute atomic E-state index is 10.3. The molecule has 0 amide bonds. The second-order valence-electron chi connectivity index (χ2n) is 6.80. The van der Waals surface area contributed by atoms with Crippen molar-refractivity contribution in [1.82, 2.24) is 14.7 Å². The Labute approximate surface area is 128 Å². The van der Waals surface area contributed by atoms with E-state index < -0.39 is 6.10 Å². The zero-order chi connectivity index (χ0) is 15.6. The molecule has 21 heavy (non-hydrogen) atoms. The number of rotatable bonds is 5. The molecule has 1 fully saturated rings. The molecule has 2 heterocycles. The summed E-state index contributed by atoms with van der Waals surface area (Å²) in [5, 5.41) is 14.7. The van der Waals surface area contributed by atoms with Crippen molar-refractivity contribution in [3.05, 3.63) is 11.4 Å². The van der Waals surface area contributed by atoms with Gasteiger partial charge >= 0.3 is 0 Å². The molecular weight excluding hydrogens is 264 g/mol. The Morgan fingerprint density at radius 1 is 1.24 bits per heavy atom. The highest BCUT2D eigenvalue weighted by molar-refractivity contribution is 5.46. The van der Waals surface area contributed by atoms with Gasteiger partial charge in [0.25, 0.3) is 0 Å². The minimum atomic E-state index is -0.391. The van der Waals surface area contributed by atoms with Crippen molar-refractivity contribution >= 4 is 5.69 Å². The molecule has 0 aliphatic carbocycles. The third-order valence-corrected chi connectivity index (χ3v) is 4.87. The average molecular weight is 294 g/mol. The Balaban J connectivity index is 1.82. The molecule has 1 aliphatic rings. The molecule has 0 radical (unpaired) electrons. The van der Waals surface area contributed by atoms with Crippen LogP contribution in [-0.4, -0.2) is 45.5 Å². The number of hydrogen-bond acceptors (Lipinski definition) is 4. The fourth-order valence-electron chi connectivity index (χ4n) is 3.25. The first-order valence-electron chi connectivity index (χ1n) is 8.08. The molecule has 0 saturated carbocycles. The first kappa shape index (κ1) is 16.3. The molecular formula is C16H30N4O. The van der Waals surface area contributed by atoms with Crippen molar-refractivity contribution in [1.29, 1.82) is 0 Å². The lowest BCUT2D eigenvalue weighted by molar-refractivity contribution is 0.0696. The maximum atomic E-state index is 10.3. The van der Waals surface area contributed by atoms with Gasteiger partial charge in [0.15, 0.2) is 0 Å². The van der Waals surface area contributed by atoms with Gasteiger partial charge in [-0.05, 0) is 51.6 Å². The first-order chi connectivity index (χ1) is 9.88. The topological polar surface area (TPSA) is 67.3 Å². The molecule has 1 atom stereocenters. The quantitative estimate of drug-likeness (QED) is 0.869. The van der Waals surface area contributed by atoms with Gasteiger partial charge in [-0.3, -0.25) is 4.68 Å². The SMILES string of the molecule is Cc1nn(CC(O)CN2CCC(C(C)C)CC2)c(C)c1N. The number of nitrogens with zero attached hydrogens (tertiary/aromatic N) is 3. The molecule has 1 aliphatic heterocycles. The lowest BCUT2D eigenvalue weighted by atomic mass is 9.86. The molecule has 0 aromatic carbocycles. The van der Waals surface area contributed by atoms with Gasteiger partial charge in [-0.25, -0.2) is 0 Å². The van der Waals surface area contributed by atoms with Crippen molar-refractivity contribution in [2.45, 2.75) is 53.2 Å². The number of β-amino-alcohol motifs (C(OH)–C–C–N with tert-alkyl or cyclic N) is 1. The van der Waals surface area contributed by atoms with Crippen molar-refractivity contribution < 1.29 is 5.11 Å². The summed E-state index contributed by atoms with van der Waals surface area (Å²) >= 11 is 0. The number of aryl methyl sites for hydroxylation is 1. The van der Waals surface area contributed by atoms with E-state index in [2.05, 4.69) is 23.8 Å². The van der Waals surface area contributed by atoms with Gasteiger partial charge in [0, 0.05) is 6.54 Å². The number of piperidine rings is 1. The van der Waals surface area contributed by atoms with Crippen LogP contribution in [0.4, 0.5) is 5.69 Å². The van der Waals surface area contributed by atoms with Crippen molar-refractivity contribution in [2.75, 3.05) is 25.4 Å². The molecule has 3 N–H and O–H groups in total. The minimum absolute atomic E-state index is 0.391. The van der Waals surface area contributed by atoms with Gasteiger partial charge in [-0.15, -0.1) is 0 Å². The van der Waals surface area contributed by atoms with Crippen LogP contribution < -0.4 is 5.73 Å². The minimum Gasteiger partial charge on any atom is -0.396 e. The standard InChI is InChI=1S/C16H30N4O/c1-11(2)14-5-7-19(8-6-14)9-15(21)10-20-13(4)16(17)12(3)18-20/h11,14-15,21H,5-10,17H2,1-4H3. The Bertz CT molecular complexity index is 461. The summed E-state index contributed by atoms with van der Waals surface area (Å²) in [6, 6.07) is 0. The lowest BCUT2D eigenvalue weighted by Gasteiger charge is -2.34. The van der Waals surface area contributed by atoms with E-state index in [1.165, 1.54) is 12.8 Å². The monoisotopic (exact) mass is 294 g/mol. The normalized spacial score (nSPS) is 19.3. The van der Waals surface area contributed by atoms with Gasteiger partial charge in [-0.2, -0.15) is 5.10 Å². The van der Waals surface area contributed by atoms with Crippen LogP contribution in [0.15, 0.2) is 0 Å². The third kappa shape index (κ3) is 3.98. The number of nitrogen functional groups attached to an aromatic ring is 1. The van der Waals surface area contributed by atoms with Gasteiger partial charge in [0.1, 0.15) is 0 Å². The van der Waals surface area contributed by atoms with E-state index in [-0.39, 0.29) is 0 Å². The predicted octanol–water partition coefficient (Wildman–Crippen LogP) is 1.81. The summed E-state index contributed by atoms with van der Waals surface area (Å²) in [5.41, 5.74) is 8.46. The van der Waals surface area contributed by atoms with Crippen molar-refractivity contribution in [2.24, 2.45) is 11.8 Å². The number of hydrogen-bond donors (Lipinski definition) is 2. The maximum Gasteiger partial charge on any atom is 0.0862 e. The molecule has 0 bridgehead atoms. The molecule has 1 unspecified atom stereocenters. The number of aliphatic hydroxyl groups excluding tert-OH is 1. The van der Waals surface area contributed by atoms with E-state index in [1.54, 1.807) is 0 Å². The Hall–Kier alpha value is -1.07. The molecule has 5 heteroatoms. The molecule has 1 aromatic rings. The van der Waals surface area contributed by atoms with Crippen LogP contribution in [-0.2, 0) is 6.54 Å². The predicted molar refractivity (Wildman–Crippen MR) is 86.1 cm³/mol. The summed E-state index contributed by atoms with van der Waals surface area (Å²) < 4.78 is 1.83. The van der Waals surface area contributed by atoms with Crippen LogP contribution in [0.2, 0.25) is 0 Å². The summed E-state index contributed by atoms with van der Waals surface area (Å²) in [7, 11) is 0. The van der Waals surface area contributed by atoms with Crippen LogP contribution in [0.1, 0.15) is 38.1 Å². The molecule has 5 nitrogen and oxygen atoms in total. The fraction of sp³-hybridized carbons (Fsp3) is 0.812. The molecule has 1 saturated heterocycles. The van der Waals surface area contributed by atoms with Crippen molar-refractivity contribution in [3.63, 3.8) is 0 Å². The Morgan fingerprint density at radius 3 is 2.33 bits per heavy atom. The summed E-state index contributed by atoms with van der Waals surface area (Å²) in [6.07, 6.45) is 2.10. The van der Waals surface area contributed by atoms with E-state index in [0.717, 1.165) is 48.5 Å². The molecule has 2 rings (SSSR count). The smallest absolute Gasteiger partial charge is 0.0862 e. The van der Waals surface area contributed by atoms with E-state index in [0.29, 0.717) is 6.54 Å². The molecule has 120 valence electrons. The third-order valence-electron chi connectivity index (χ3n) is 4.87. The van der Waals surface area contributed by atoms with E-state index >= 15 is 0 Å². The zero-order valence-corrected chi connectivity index (χ0v) is 13.8. The van der Waals surface area contributed by atoms with Gasteiger partial charge in [-0.1, -0.05) is 13.8 Å². The number of aliphatic hydroxyl groups is 1. The van der Waals surface area contributed by atoms with Crippen LogP contribution in [0.5, 0.6) is 0 Å². The van der Waals surface area contributed by atoms with Gasteiger partial charge in [0.2, 0.25) is 0 Å². The van der Waals surface area contributed by atoms with Crippen LogP contribution in [0.3, 0.4) is 0 Å². The average Bonchev–Trinajstić information content (AvgIpc) is 2.67. The number of nitrogens with two attached hydrogens (primary N) is 1. The van der Waals surface area contributed by atoms with Gasteiger partial charge in [0.05, 0.1) is 29.7 Å². The second-order valence-corrected chi connectivity index (χ2v) is 6.80. The highest BCUT2D eigenvalue weighted by Gasteiger charge is 2.23.